The summed E-state index contributed by atoms with van der Waals surface area (Å²) in [5.74, 6) is 0.137. The maximum atomic E-state index is 12.5. The standard InChI is InChI=1S/C24H22ClN5OS2/c1-16-2-5-20(12-21(16)25)30-15-26-28-24(30)33-14-23(31)27-18-3-6-19(7-4-18)29-10-8-22-17(13-29)9-11-32-22/h2-7,9,11-12,15H,8,10,13-14H2,1H3,(H,27,31). The van der Waals surface area contributed by atoms with Crippen molar-refractivity contribution in [3.63, 3.8) is 0 Å². The Bertz CT molecular complexity index is 1280. The number of fused-ring (bicyclic) bond motifs is 1. The summed E-state index contributed by atoms with van der Waals surface area (Å²) in [6, 6.07) is 16.0. The van der Waals surface area contributed by atoms with E-state index in [2.05, 4.69) is 44.0 Å². The Morgan fingerprint density at radius 2 is 2.00 bits per heavy atom. The zero-order valence-electron chi connectivity index (χ0n) is 18.0. The molecule has 6 nitrogen and oxygen atoms in total. The average Bonchev–Trinajstić information content (AvgIpc) is 3.49. The van der Waals surface area contributed by atoms with Gasteiger partial charge in [-0.25, -0.2) is 0 Å². The van der Waals surface area contributed by atoms with Crippen LogP contribution in [-0.4, -0.2) is 33.0 Å². The second-order valence-corrected chi connectivity index (χ2v) is 10.2. The lowest BCUT2D eigenvalue weighted by Crippen LogP contribution is -2.29. The number of benzene rings is 2. The van der Waals surface area contributed by atoms with Crippen LogP contribution in [0, 0.1) is 6.92 Å². The number of thiophene rings is 1. The lowest BCUT2D eigenvalue weighted by atomic mass is 10.1. The molecule has 1 aliphatic rings. The highest BCUT2D eigenvalue weighted by Gasteiger charge is 2.17. The molecule has 2 aromatic heterocycles. The number of halogens is 1. The molecular weight excluding hydrogens is 474 g/mol. The van der Waals surface area contributed by atoms with Crippen LogP contribution in [0.1, 0.15) is 16.0 Å². The average molecular weight is 496 g/mol. The quantitative estimate of drug-likeness (QED) is 0.353. The van der Waals surface area contributed by atoms with Gasteiger partial charge in [-0.05, 0) is 72.3 Å². The van der Waals surface area contributed by atoms with Gasteiger partial charge in [-0.1, -0.05) is 29.4 Å². The molecule has 3 heterocycles. The number of hydrogen-bond donors (Lipinski definition) is 1. The van der Waals surface area contributed by atoms with E-state index in [1.54, 1.807) is 6.33 Å². The Kier molecular flexibility index (Phi) is 6.39. The Morgan fingerprint density at radius 3 is 2.82 bits per heavy atom. The molecule has 0 saturated carbocycles. The topological polar surface area (TPSA) is 63.1 Å². The molecule has 0 unspecified atom stereocenters. The number of nitrogens with one attached hydrogen (secondary N) is 1. The number of hydrogen-bond acceptors (Lipinski definition) is 6. The second kappa shape index (κ2) is 9.59. The molecule has 0 spiro atoms. The molecule has 4 aromatic rings. The highest BCUT2D eigenvalue weighted by Crippen LogP contribution is 2.29. The van der Waals surface area contributed by atoms with Crippen LogP contribution >= 0.6 is 34.7 Å². The monoisotopic (exact) mass is 495 g/mol. The van der Waals surface area contributed by atoms with Crippen molar-refractivity contribution < 1.29 is 4.79 Å². The molecule has 33 heavy (non-hydrogen) atoms. The molecule has 1 N–H and O–H groups in total. The number of rotatable bonds is 6. The van der Waals surface area contributed by atoms with Crippen LogP contribution in [0.5, 0.6) is 0 Å². The van der Waals surface area contributed by atoms with E-state index >= 15 is 0 Å². The number of carbonyl (C=O) groups is 1. The van der Waals surface area contributed by atoms with Crippen LogP contribution in [0.2, 0.25) is 5.02 Å². The van der Waals surface area contributed by atoms with Crippen LogP contribution in [0.3, 0.4) is 0 Å². The fourth-order valence-electron chi connectivity index (χ4n) is 3.78. The summed E-state index contributed by atoms with van der Waals surface area (Å²) >= 11 is 9.43. The summed E-state index contributed by atoms with van der Waals surface area (Å²) in [5, 5.41) is 14.6. The number of aryl methyl sites for hydroxylation is 1. The van der Waals surface area contributed by atoms with Crippen molar-refractivity contribution in [2.45, 2.75) is 25.0 Å². The minimum Gasteiger partial charge on any atom is -0.367 e. The molecule has 0 aliphatic carbocycles. The number of amides is 1. The van der Waals surface area contributed by atoms with Crippen LogP contribution in [0.25, 0.3) is 5.69 Å². The Labute approximate surface area is 205 Å². The third-order valence-corrected chi connectivity index (χ3v) is 7.98. The predicted molar refractivity (Wildman–Crippen MR) is 136 cm³/mol. The molecule has 1 amide bonds. The molecule has 2 aromatic carbocycles. The molecule has 9 heteroatoms. The van der Waals surface area contributed by atoms with Crippen molar-refractivity contribution in [1.82, 2.24) is 14.8 Å². The Balaban J connectivity index is 1.18. The van der Waals surface area contributed by atoms with Crippen molar-refractivity contribution in [2.24, 2.45) is 0 Å². The fourth-order valence-corrected chi connectivity index (χ4v) is 5.58. The minimum atomic E-state index is -0.0925. The van der Waals surface area contributed by atoms with Crippen LogP contribution in [0.4, 0.5) is 11.4 Å². The van der Waals surface area contributed by atoms with E-state index < -0.39 is 0 Å². The lowest BCUT2D eigenvalue weighted by Gasteiger charge is -2.29. The molecule has 0 atom stereocenters. The van der Waals surface area contributed by atoms with Gasteiger partial charge in [0.2, 0.25) is 5.91 Å². The Hall–Kier alpha value is -2.81. The number of anilines is 2. The summed E-state index contributed by atoms with van der Waals surface area (Å²) in [6.45, 7) is 3.91. The zero-order chi connectivity index (χ0) is 22.8. The van der Waals surface area contributed by atoms with Crippen molar-refractivity contribution in [3.8, 4) is 5.69 Å². The first kappa shape index (κ1) is 22.0. The predicted octanol–water partition coefficient (Wildman–Crippen LogP) is 5.58. The molecule has 0 radical (unpaired) electrons. The largest absolute Gasteiger partial charge is 0.367 e. The van der Waals surface area contributed by atoms with Gasteiger partial charge in [-0.2, -0.15) is 0 Å². The second-order valence-electron chi connectivity index (χ2n) is 7.84. The third kappa shape index (κ3) is 4.93. The van der Waals surface area contributed by atoms with Crippen LogP contribution in [0.15, 0.2) is 65.4 Å². The summed E-state index contributed by atoms with van der Waals surface area (Å²) in [5.41, 5.74) is 5.24. The maximum Gasteiger partial charge on any atom is 0.234 e. The van der Waals surface area contributed by atoms with Crippen LogP contribution < -0.4 is 10.2 Å². The molecule has 168 valence electrons. The van der Waals surface area contributed by atoms with Gasteiger partial charge in [0.15, 0.2) is 5.16 Å². The first-order valence-corrected chi connectivity index (χ1v) is 12.8. The van der Waals surface area contributed by atoms with E-state index in [1.165, 1.54) is 27.9 Å². The van der Waals surface area contributed by atoms with Gasteiger partial charge in [0.05, 0.1) is 11.4 Å². The molecule has 0 saturated heterocycles. The van der Waals surface area contributed by atoms with Gasteiger partial charge in [0.25, 0.3) is 0 Å². The molecule has 5 rings (SSSR count). The number of aromatic nitrogens is 3. The number of thioether (sulfide) groups is 1. The van der Waals surface area contributed by atoms with Crippen molar-refractivity contribution in [1.29, 1.82) is 0 Å². The summed E-state index contributed by atoms with van der Waals surface area (Å²) < 4.78 is 1.83. The van der Waals surface area contributed by atoms with E-state index in [0.717, 1.165) is 36.4 Å². The molecule has 0 fully saturated rings. The van der Waals surface area contributed by atoms with Gasteiger partial charge < -0.3 is 10.2 Å². The minimum absolute atomic E-state index is 0.0925. The number of carbonyl (C=O) groups excluding carboxylic acids is 1. The van der Waals surface area contributed by atoms with Gasteiger partial charge in [-0.15, -0.1) is 21.5 Å². The van der Waals surface area contributed by atoms with E-state index in [0.29, 0.717) is 10.2 Å². The SMILES string of the molecule is Cc1ccc(-n2cnnc2SCC(=O)Nc2ccc(N3CCc4sccc4C3)cc2)cc1Cl. The summed E-state index contributed by atoms with van der Waals surface area (Å²) in [7, 11) is 0. The van der Waals surface area contributed by atoms with Crippen molar-refractivity contribution in [2.75, 3.05) is 22.5 Å². The van der Waals surface area contributed by atoms with Gasteiger partial charge in [-0.3, -0.25) is 9.36 Å². The summed E-state index contributed by atoms with van der Waals surface area (Å²) in [6.07, 6.45) is 2.71. The van der Waals surface area contributed by atoms with Crippen molar-refractivity contribution >= 4 is 52.0 Å². The van der Waals surface area contributed by atoms with E-state index in [-0.39, 0.29) is 11.7 Å². The molecule has 1 aliphatic heterocycles. The fraction of sp³-hybridized carbons (Fsp3) is 0.208. The first-order chi connectivity index (χ1) is 16.1. The molecular formula is C24H22ClN5OS2. The normalized spacial score (nSPS) is 13.1. The van der Waals surface area contributed by atoms with E-state index in [4.69, 9.17) is 11.6 Å². The van der Waals surface area contributed by atoms with E-state index in [1.807, 2.05) is 53.2 Å². The highest BCUT2D eigenvalue weighted by atomic mass is 35.5. The van der Waals surface area contributed by atoms with Gasteiger partial charge in [0, 0.05) is 34.4 Å². The van der Waals surface area contributed by atoms with E-state index in [9.17, 15) is 4.79 Å². The maximum absolute atomic E-state index is 12.5. The lowest BCUT2D eigenvalue weighted by molar-refractivity contribution is -0.113. The number of nitrogens with zero attached hydrogens (tertiary/aromatic N) is 4. The zero-order valence-corrected chi connectivity index (χ0v) is 20.4. The summed E-state index contributed by atoms with van der Waals surface area (Å²) in [4.78, 5) is 16.4. The Morgan fingerprint density at radius 1 is 1.18 bits per heavy atom. The molecule has 0 bridgehead atoms. The van der Waals surface area contributed by atoms with Crippen molar-refractivity contribution in [3.05, 3.63) is 81.3 Å². The third-order valence-electron chi connectivity index (χ3n) is 5.61. The van der Waals surface area contributed by atoms with Gasteiger partial charge >= 0.3 is 0 Å². The highest BCUT2D eigenvalue weighted by molar-refractivity contribution is 7.99. The van der Waals surface area contributed by atoms with Crippen LogP contribution in [-0.2, 0) is 17.8 Å². The van der Waals surface area contributed by atoms with Gasteiger partial charge in [0.1, 0.15) is 6.33 Å². The first-order valence-electron chi connectivity index (χ1n) is 10.6. The smallest absolute Gasteiger partial charge is 0.234 e.